The zero-order chi connectivity index (χ0) is 14.7. The topological polar surface area (TPSA) is 53.9 Å². The first kappa shape index (κ1) is 13.9. The molecule has 0 radical (unpaired) electrons. The van der Waals surface area contributed by atoms with E-state index in [0.717, 1.165) is 23.6 Å². The van der Waals surface area contributed by atoms with Crippen LogP contribution in [0.15, 0.2) is 30.6 Å². The maximum absolute atomic E-state index is 4.66. The molecule has 2 aromatic heterocycles. The molecule has 0 amide bonds. The molecule has 3 heterocycles. The molecule has 0 aliphatic carbocycles. The van der Waals surface area contributed by atoms with E-state index in [-0.39, 0.29) is 0 Å². The van der Waals surface area contributed by atoms with Crippen LogP contribution < -0.4 is 5.32 Å². The quantitative estimate of drug-likeness (QED) is 0.938. The Morgan fingerprint density at radius 1 is 1.24 bits per heavy atom. The molecule has 5 nitrogen and oxygen atoms in total. The van der Waals surface area contributed by atoms with Crippen molar-refractivity contribution < 1.29 is 0 Å². The highest BCUT2D eigenvalue weighted by Gasteiger charge is 2.20. The van der Waals surface area contributed by atoms with Crippen LogP contribution >= 0.6 is 0 Å². The summed E-state index contributed by atoms with van der Waals surface area (Å²) in [6, 6.07) is 5.99. The lowest BCUT2D eigenvalue weighted by molar-refractivity contribution is 0.248. The summed E-state index contributed by atoms with van der Waals surface area (Å²) in [5.41, 5.74) is 2.26. The van der Waals surface area contributed by atoms with Crippen molar-refractivity contribution in [3.63, 3.8) is 0 Å². The molecule has 0 spiro atoms. The number of pyridine rings is 1. The van der Waals surface area contributed by atoms with Gasteiger partial charge in [-0.2, -0.15) is 0 Å². The number of nitrogens with zero attached hydrogens (tertiary/aromatic N) is 4. The van der Waals surface area contributed by atoms with Gasteiger partial charge in [0.25, 0.3) is 0 Å². The van der Waals surface area contributed by atoms with Crippen molar-refractivity contribution in [1.82, 2.24) is 19.9 Å². The summed E-state index contributed by atoms with van der Waals surface area (Å²) in [7, 11) is 2.17. The van der Waals surface area contributed by atoms with Gasteiger partial charge in [-0.15, -0.1) is 0 Å². The number of likely N-dealkylation sites (tertiary alicyclic amines) is 1. The molecule has 1 aliphatic heterocycles. The van der Waals surface area contributed by atoms with Gasteiger partial charge in [0.2, 0.25) is 5.95 Å². The third kappa shape index (κ3) is 3.55. The van der Waals surface area contributed by atoms with E-state index in [1.807, 2.05) is 37.5 Å². The minimum absolute atomic E-state index is 0.498. The van der Waals surface area contributed by atoms with Crippen LogP contribution in [0.3, 0.4) is 0 Å². The Labute approximate surface area is 125 Å². The molecule has 0 aromatic carbocycles. The normalized spacial score (nSPS) is 19.4. The van der Waals surface area contributed by atoms with Crippen molar-refractivity contribution in [3.05, 3.63) is 41.9 Å². The van der Waals surface area contributed by atoms with Gasteiger partial charge in [-0.1, -0.05) is 6.07 Å². The number of rotatable bonds is 3. The van der Waals surface area contributed by atoms with Gasteiger partial charge in [-0.25, -0.2) is 15.0 Å². The van der Waals surface area contributed by atoms with E-state index in [1.54, 1.807) is 0 Å². The van der Waals surface area contributed by atoms with Gasteiger partial charge >= 0.3 is 0 Å². The Balaban J connectivity index is 1.75. The molecule has 1 atom stereocenters. The molecule has 1 fully saturated rings. The van der Waals surface area contributed by atoms with Gasteiger partial charge in [-0.3, -0.25) is 0 Å². The largest absolute Gasteiger partial charge is 0.309 e. The first-order valence-corrected chi connectivity index (χ1v) is 7.42. The van der Waals surface area contributed by atoms with Crippen LogP contribution in [0.25, 0.3) is 0 Å². The summed E-state index contributed by atoms with van der Waals surface area (Å²) in [4.78, 5) is 15.6. The number of piperidine rings is 1. The van der Waals surface area contributed by atoms with Crippen molar-refractivity contribution in [2.75, 3.05) is 25.5 Å². The van der Waals surface area contributed by atoms with Crippen LogP contribution in [0.1, 0.15) is 30.0 Å². The summed E-state index contributed by atoms with van der Waals surface area (Å²) in [6.07, 6.45) is 6.09. The smallest absolute Gasteiger partial charge is 0.228 e. The van der Waals surface area contributed by atoms with Crippen molar-refractivity contribution in [3.8, 4) is 0 Å². The third-order valence-corrected chi connectivity index (χ3v) is 3.87. The van der Waals surface area contributed by atoms with Crippen molar-refractivity contribution in [2.24, 2.45) is 0 Å². The van der Waals surface area contributed by atoms with Crippen LogP contribution in [0, 0.1) is 6.92 Å². The highest BCUT2D eigenvalue weighted by molar-refractivity contribution is 5.47. The molecule has 21 heavy (non-hydrogen) atoms. The molecular weight excluding hydrogens is 262 g/mol. The predicted molar refractivity (Wildman–Crippen MR) is 83.8 cm³/mol. The highest BCUT2D eigenvalue weighted by atomic mass is 15.1. The highest BCUT2D eigenvalue weighted by Crippen LogP contribution is 2.25. The molecule has 5 heteroatoms. The van der Waals surface area contributed by atoms with Gasteiger partial charge in [0.1, 0.15) is 5.82 Å². The third-order valence-electron chi connectivity index (χ3n) is 3.87. The molecular formula is C16H21N5. The molecule has 0 saturated carbocycles. The Morgan fingerprint density at radius 2 is 2.14 bits per heavy atom. The second-order valence-corrected chi connectivity index (χ2v) is 5.75. The van der Waals surface area contributed by atoms with Gasteiger partial charge in [-0.05, 0) is 51.1 Å². The van der Waals surface area contributed by atoms with Crippen LogP contribution in [0.5, 0.6) is 0 Å². The first-order valence-electron chi connectivity index (χ1n) is 7.42. The van der Waals surface area contributed by atoms with Gasteiger partial charge in [0, 0.05) is 24.9 Å². The first-order chi connectivity index (χ1) is 10.2. The lowest BCUT2D eigenvalue weighted by Gasteiger charge is -2.29. The summed E-state index contributed by atoms with van der Waals surface area (Å²) in [5.74, 6) is 1.90. The lowest BCUT2D eigenvalue weighted by Crippen LogP contribution is -2.31. The van der Waals surface area contributed by atoms with E-state index in [2.05, 4.69) is 32.2 Å². The minimum Gasteiger partial charge on any atom is -0.309 e. The predicted octanol–water partition coefficient (Wildman–Crippen LogP) is 2.73. The standard InChI is InChI=1S/C16H21N5/c1-12-5-6-15(18-10-12)20-16-17-8-7-14(19-16)13-4-3-9-21(2)11-13/h5-8,10,13H,3-4,9,11H2,1-2H3,(H,17,18,19,20)/t13-/m1/s1. The average molecular weight is 283 g/mol. The van der Waals surface area contributed by atoms with E-state index in [9.17, 15) is 0 Å². The fourth-order valence-electron chi connectivity index (χ4n) is 2.72. The monoisotopic (exact) mass is 283 g/mol. The van der Waals surface area contributed by atoms with Crippen molar-refractivity contribution in [1.29, 1.82) is 0 Å². The second kappa shape index (κ2) is 6.18. The minimum atomic E-state index is 0.498. The maximum atomic E-state index is 4.66. The molecule has 1 N–H and O–H groups in total. The maximum Gasteiger partial charge on any atom is 0.228 e. The van der Waals surface area contributed by atoms with Crippen molar-refractivity contribution in [2.45, 2.75) is 25.7 Å². The zero-order valence-electron chi connectivity index (χ0n) is 12.6. The fourth-order valence-corrected chi connectivity index (χ4v) is 2.72. The molecule has 110 valence electrons. The molecule has 2 aromatic rings. The van der Waals surface area contributed by atoms with Crippen LogP contribution in [-0.4, -0.2) is 40.0 Å². The number of hydrogen-bond donors (Lipinski definition) is 1. The molecule has 0 bridgehead atoms. The molecule has 3 rings (SSSR count). The van der Waals surface area contributed by atoms with Gasteiger partial charge in [0.15, 0.2) is 0 Å². The Kier molecular flexibility index (Phi) is 4.10. The molecule has 1 saturated heterocycles. The number of anilines is 2. The van der Waals surface area contributed by atoms with Crippen LogP contribution in [-0.2, 0) is 0 Å². The average Bonchev–Trinajstić information content (AvgIpc) is 2.50. The molecule has 1 aliphatic rings. The SMILES string of the molecule is Cc1ccc(Nc2nccc([C@@H]3CCCN(C)C3)n2)nc1. The van der Waals surface area contributed by atoms with Crippen LogP contribution in [0.2, 0.25) is 0 Å². The number of hydrogen-bond acceptors (Lipinski definition) is 5. The number of likely N-dealkylation sites (N-methyl/N-ethyl adjacent to an activating group) is 1. The zero-order valence-corrected chi connectivity index (χ0v) is 12.6. The fraction of sp³-hybridized carbons (Fsp3) is 0.438. The number of nitrogens with one attached hydrogen (secondary N) is 1. The lowest BCUT2D eigenvalue weighted by atomic mass is 9.95. The van der Waals surface area contributed by atoms with E-state index < -0.39 is 0 Å². The van der Waals surface area contributed by atoms with E-state index in [1.165, 1.54) is 19.4 Å². The summed E-state index contributed by atoms with van der Waals surface area (Å²) < 4.78 is 0. The summed E-state index contributed by atoms with van der Waals surface area (Å²) >= 11 is 0. The Bertz CT molecular complexity index is 596. The number of aromatic nitrogens is 3. The Morgan fingerprint density at radius 3 is 2.90 bits per heavy atom. The number of aryl methyl sites for hydroxylation is 1. The van der Waals surface area contributed by atoms with Crippen molar-refractivity contribution >= 4 is 11.8 Å². The van der Waals surface area contributed by atoms with Gasteiger partial charge in [0.05, 0.1) is 5.69 Å². The Hall–Kier alpha value is -2.01. The van der Waals surface area contributed by atoms with Crippen LogP contribution in [0.4, 0.5) is 11.8 Å². The molecule has 0 unspecified atom stereocenters. The summed E-state index contributed by atoms with van der Waals surface area (Å²) in [6.45, 7) is 4.27. The summed E-state index contributed by atoms with van der Waals surface area (Å²) in [5, 5.41) is 3.17. The second-order valence-electron chi connectivity index (χ2n) is 5.75. The van der Waals surface area contributed by atoms with E-state index >= 15 is 0 Å². The van der Waals surface area contributed by atoms with Gasteiger partial charge < -0.3 is 10.2 Å². The van der Waals surface area contributed by atoms with E-state index in [4.69, 9.17) is 0 Å². The van der Waals surface area contributed by atoms with E-state index in [0.29, 0.717) is 11.9 Å².